The number of ether oxygens (including phenoxy) is 2. The Labute approximate surface area is 182 Å². The predicted octanol–water partition coefficient (Wildman–Crippen LogP) is 3.12. The Morgan fingerprint density at radius 1 is 1.22 bits per heavy atom. The lowest BCUT2D eigenvalue weighted by molar-refractivity contribution is -0.274. The summed E-state index contributed by atoms with van der Waals surface area (Å²) in [6.45, 7) is 2.74. The van der Waals surface area contributed by atoms with Crippen molar-refractivity contribution in [1.82, 2.24) is 19.4 Å². The molecule has 3 aliphatic heterocycles. The van der Waals surface area contributed by atoms with Crippen molar-refractivity contribution in [1.29, 1.82) is 0 Å². The van der Waals surface area contributed by atoms with Crippen molar-refractivity contribution in [2.45, 2.75) is 55.6 Å². The third-order valence-corrected chi connectivity index (χ3v) is 8.29. The molecular formula is C22H24F3N5O2. The molecule has 2 bridgehead atoms. The van der Waals surface area contributed by atoms with Crippen molar-refractivity contribution < 1.29 is 22.6 Å². The number of imidazole rings is 1. The molecule has 2 aromatic heterocycles. The van der Waals surface area contributed by atoms with Gasteiger partial charge in [0.25, 0.3) is 0 Å². The molecule has 2 aromatic rings. The van der Waals surface area contributed by atoms with E-state index in [-0.39, 0.29) is 11.4 Å². The molecule has 32 heavy (non-hydrogen) atoms. The summed E-state index contributed by atoms with van der Waals surface area (Å²) in [5, 5.41) is 0. The Kier molecular flexibility index (Phi) is 3.69. The SMILES string of the molecule is Nc1ncc(-c2cn([C@@]34C5[C@H]3[C@H]4CN5C3COC3)c(C3CCCC3)n2)cc1OC(F)(F)F. The molecule has 170 valence electrons. The van der Waals surface area contributed by atoms with Gasteiger partial charge in [-0.2, -0.15) is 0 Å². The second-order valence-corrected chi connectivity index (χ2v) is 9.84. The van der Waals surface area contributed by atoms with Crippen molar-refractivity contribution in [2.24, 2.45) is 11.8 Å². The summed E-state index contributed by atoms with van der Waals surface area (Å²) in [6.07, 6.45) is 3.27. The highest BCUT2D eigenvalue weighted by Gasteiger charge is 2.94. The maximum atomic E-state index is 12.8. The number of rotatable bonds is 5. The van der Waals surface area contributed by atoms with Gasteiger partial charge in [0.05, 0.1) is 30.5 Å². The molecule has 3 aliphatic carbocycles. The van der Waals surface area contributed by atoms with Gasteiger partial charge >= 0.3 is 6.36 Å². The van der Waals surface area contributed by atoms with E-state index in [1.165, 1.54) is 25.1 Å². The first-order valence-corrected chi connectivity index (χ1v) is 11.3. The van der Waals surface area contributed by atoms with Crippen molar-refractivity contribution in [3.05, 3.63) is 24.3 Å². The number of anilines is 1. The molecule has 0 amide bonds. The maximum Gasteiger partial charge on any atom is 0.573 e. The zero-order chi connectivity index (χ0) is 21.8. The molecule has 1 unspecified atom stereocenters. The maximum absolute atomic E-state index is 12.8. The van der Waals surface area contributed by atoms with Gasteiger partial charge in [-0.15, -0.1) is 13.2 Å². The van der Waals surface area contributed by atoms with E-state index in [0.29, 0.717) is 41.1 Å². The minimum absolute atomic E-state index is 0.116. The van der Waals surface area contributed by atoms with Crippen LogP contribution in [-0.4, -0.2) is 57.6 Å². The molecular weight excluding hydrogens is 423 g/mol. The van der Waals surface area contributed by atoms with E-state index in [2.05, 4.69) is 19.2 Å². The van der Waals surface area contributed by atoms with Crippen LogP contribution in [0.25, 0.3) is 11.3 Å². The number of nitrogens with zero attached hydrogens (tertiary/aromatic N) is 4. The number of aromatic nitrogens is 3. The molecule has 6 fully saturated rings. The van der Waals surface area contributed by atoms with E-state index in [1.807, 2.05) is 6.20 Å². The van der Waals surface area contributed by atoms with Gasteiger partial charge in [-0.05, 0) is 18.9 Å². The van der Waals surface area contributed by atoms with Gasteiger partial charge in [-0.1, -0.05) is 12.8 Å². The Bertz CT molecular complexity index is 1090. The van der Waals surface area contributed by atoms with Crippen LogP contribution in [0.2, 0.25) is 0 Å². The standard InChI is InChI=1S/C22H24F3N5O2/c23-22(24,25)32-16-5-12(6-27-19(16)26)15-8-30(20(28-15)11-3-1-2-4-11)21-14-7-29(13-9-31-10-13)18(21)17(14)21/h5-6,8,11,13-14,17-18H,1-4,7,9-10H2,(H2,26,27)/t14-,17-,18?,21-/m1/s1. The molecule has 0 aromatic carbocycles. The normalized spacial score (nSPS) is 33.9. The quantitative estimate of drug-likeness (QED) is 0.759. The van der Waals surface area contributed by atoms with Crippen molar-refractivity contribution in [3.8, 4) is 17.0 Å². The highest BCUT2D eigenvalue weighted by Crippen LogP contribution is 2.84. The second-order valence-electron chi connectivity index (χ2n) is 9.84. The fourth-order valence-corrected chi connectivity index (χ4v) is 6.68. The molecule has 3 saturated heterocycles. The van der Waals surface area contributed by atoms with Crippen LogP contribution >= 0.6 is 0 Å². The highest BCUT2D eigenvalue weighted by atomic mass is 19.4. The average Bonchev–Trinajstić information content (AvgIpc) is 3.19. The molecule has 7 nitrogen and oxygen atoms in total. The van der Waals surface area contributed by atoms with Crippen LogP contribution < -0.4 is 10.5 Å². The third-order valence-electron chi connectivity index (χ3n) is 8.29. The summed E-state index contributed by atoms with van der Waals surface area (Å²) in [6, 6.07) is 2.36. The van der Waals surface area contributed by atoms with Crippen LogP contribution in [-0.2, 0) is 10.3 Å². The van der Waals surface area contributed by atoms with E-state index in [0.717, 1.165) is 38.4 Å². The van der Waals surface area contributed by atoms with Crippen LogP contribution in [0.3, 0.4) is 0 Å². The molecule has 8 rings (SSSR count). The Hall–Kier alpha value is -2.33. The number of halogens is 3. The van der Waals surface area contributed by atoms with Gasteiger partial charge in [-0.3, -0.25) is 4.90 Å². The van der Waals surface area contributed by atoms with Gasteiger partial charge < -0.3 is 19.8 Å². The number of pyridine rings is 1. The van der Waals surface area contributed by atoms with Crippen LogP contribution in [0.5, 0.6) is 5.75 Å². The second kappa shape index (κ2) is 6.17. The van der Waals surface area contributed by atoms with Crippen molar-refractivity contribution >= 4 is 5.82 Å². The Morgan fingerprint density at radius 2 is 2.00 bits per heavy atom. The summed E-state index contributed by atoms with van der Waals surface area (Å²) in [4.78, 5) is 11.5. The molecule has 3 saturated carbocycles. The number of nitrogens with two attached hydrogens (primary N) is 1. The smallest absolute Gasteiger partial charge is 0.402 e. The monoisotopic (exact) mass is 447 g/mol. The van der Waals surface area contributed by atoms with E-state index in [9.17, 15) is 13.2 Å². The van der Waals surface area contributed by atoms with Gasteiger partial charge in [-0.25, -0.2) is 9.97 Å². The molecule has 5 heterocycles. The van der Waals surface area contributed by atoms with Crippen molar-refractivity contribution in [2.75, 3.05) is 25.5 Å². The molecule has 4 atom stereocenters. The molecule has 0 radical (unpaired) electrons. The third kappa shape index (κ3) is 2.50. The Morgan fingerprint density at radius 3 is 2.66 bits per heavy atom. The van der Waals surface area contributed by atoms with Gasteiger partial charge in [0.2, 0.25) is 0 Å². The topological polar surface area (TPSA) is 78.4 Å². The van der Waals surface area contributed by atoms with Crippen LogP contribution in [0.15, 0.2) is 18.5 Å². The number of hydrogen-bond donors (Lipinski definition) is 1. The average molecular weight is 447 g/mol. The predicted molar refractivity (Wildman–Crippen MR) is 108 cm³/mol. The molecule has 0 spiro atoms. The fraction of sp³-hybridized carbons (Fsp3) is 0.636. The number of nitrogen functional groups attached to an aromatic ring is 1. The van der Waals surface area contributed by atoms with E-state index >= 15 is 0 Å². The summed E-state index contributed by atoms with van der Waals surface area (Å²) in [5.74, 6) is 2.00. The number of fused-ring (bicyclic) bond motifs is 1. The minimum atomic E-state index is -4.83. The van der Waals surface area contributed by atoms with E-state index in [4.69, 9.17) is 15.5 Å². The highest BCUT2D eigenvalue weighted by molar-refractivity contribution is 5.64. The Balaban J connectivity index is 1.26. The van der Waals surface area contributed by atoms with Crippen molar-refractivity contribution in [3.63, 3.8) is 0 Å². The molecule has 6 aliphatic rings. The van der Waals surface area contributed by atoms with E-state index < -0.39 is 12.1 Å². The van der Waals surface area contributed by atoms with Crippen LogP contribution in [0, 0.1) is 11.8 Å². The molecule has 2 N–H and O–H groups in total. The number of hydrogen-bond acceptors (Lipinski definition) is 6. The minimum Gasteiger partial charge on any atom is -0.402 e. The summed E-state index contributed by atoms with van der Waals surface area (Å²) in [5.41, 5.74) is 6.86. The van der Waals surface area contributed by atoms with Crippen LogP contribution in [0.4, 0.5) is 19.0 Å². The summed E-state index contributed by atoms with van der Waals surface area (Å²) >= 11 is 0. The van der Waals surface area contributed by atoms with Crippen LogP contribution in [0.1, 0.15) is 37.4 Å². The zero-order valence-corrected chi connectivity index (χ0v) is 17.4. The largest absolute Gasteiger partial charge is 0.573 e. The lowest BCUT2D eigenvalue weighted by atomic mass is 10.1. The van der Waals surface area contributed by atoms with E-state index in [1.54, 1.807) is 0 Å². The number of piperidine rings is 1. The van der Waals surface area contributed by atoms with Gasteiger partial charge in [0, 0.05) is 48.3 Å². The number of alkyl halides is 3. The van der Waals surface area contributed by atoms with Gasteiger partial charge in [0.15, 0.2) is 11.6 Å². The molecule has 10 heteroatoms. The van der Waals surface area contributed by atoms with Gasteiger partial charge in [0.1, 0.15) is 5.82 Å². The lowest BCUT2D eigenvalue weighted by Gasteiger charge is -2.34. The first-order valence-electron chi connectivity index (χ1n) is 11.3. The zero-order valence-electron chi connectivity index (χ0n) is 17.4. The first kappa shape index (κ1) is 19.2. The lowest BCUT2D eigenvalue weighted by Crippen LogP contribution is -2.48. The first-order chi connectivity index (χ1) is 15.4. The fourth-order valence-electron chi connectivity index (χ4n) is 6.68. The summed E-state index contributed by atoms with van der Waals surface area (Å²) < 4.78 is 50.2. The summed E-state index contributed by atoms with van der Waals surface area (Å²) in [7, 11) is 0.